The lowest BCUT2D eigenvalue weighted by Crippen LogP contribution is -2.30. The van der Waals surface area contributed by atoms with Crippen LogP contribution in [0, 0.1) is 11.8 Å². The van der Waals surface area contributed by atoms with Crippen LogP contribution in [0.25, 0.3) is 0 Å². The second kappa shape index (κ2) is 6.79. The third-order valence-electron chi connectivity index (χ3n) is 4.02. The van der Waals surface area contributed by atoms with Crippen molar-refractivity contribution in [3.63, 3.8) is 0 Å². The average molecular weight is 286 g/mol. The van der Waals surface area contributed by atoms with E-state index >= 15 is 0 Å². The first kappa shape index (κ1) is 14.2. The molecule has 0 saturated heterocycles. The number of hydrogen-bond acceptors (Lipinski definition) is 1. The third kappa shape index (κ3) is 3.63. The van der Waals surface area contributed by atoms with Crippen LogP contribution in [-0.4, -0.2) is 13.6 Å². The molecule has 2 unspecified atom stereocenters. The molecule has 1 nitrogen and oxygen atoms in total. The molecule has 3 heteroatoms. The fraction of sp³-hybridized carbons (Fsp3) is 0.600. The standard InChI is InChI=1S/C15H21Cl2N/c1-18-10-12-5-3-2-4-11(12)8-13-9-14(16)6-7-15(13)17/h6-7,9,11-12,18H,2-5,8,10H2,1H3. The van der Waals surface area contributed by atoms with Crippen LogP contribution in [0.3, 0.4) is 0 Å². The monoisotopic (exact) mass is 285 g/mol. The summed E-state index contributed by atoms with van der Waals surface area (Å²) in [6, 6.07) is 5.80. The summed E-state index contributed by atoms with van der Waals surface area (Å²) in [5, 5.41) is 4.96. The van der Waals surface area contributed by atoms with Crippen molar-refractivity contribution in [3.8, 4) is 0 Å². The Hall–Kier alpha value is -0.240. The Kier molecular flexibility index (Phi) is 5.35. The second-order valence-corrected chi connectivity index (χ2v) is 6.15. The number of benzene rings is 1. The Morgan fingerprint density at radius 3 is 2.61 bits per heavy atom. The lowest BCUT2D eigenvalue weighted by Gasteiger charge is -2.31. The van der Waals surface area contributed by atoms with Gasteiger partial charge in [0.05, 0.1) is 0 Å². The second-order valence-electron chi connectivity index (χ2n) is 5.30. The largest absolute Gasteiger partial charge is 0.319 e. The Balaban J connectivity index is 2.08. The third-order valence-corrected chi connectivity index (χ3v) is 4.63. The summed E-state index contributed by atoms with van der Waals surface area (Å²) in [5.41, 5.74) is 1.21. The van der Waals surface area contributed by atoms with Gasteiger partial charge in [-0.3, -0.25) is 0 Å². The normalized spacial score (nSPS) is 24.2. The molecule has 0 radical (unpaired) electrons. The molecule has 0 aromatic heterocycles. The molecule has 1 aliphatic rings. The minimum atomic E-state index is 0.738. The van der Waals surface area contributed by atoms with E-state index in [9.17, 15) is 0 Å². The Labute approximate surface area is 120 Å². The van der Waals surface area contributed by atoms with E-state index in [1.54, 1.807) is 0 Å². The highest BCUT2D eigenvalue weighted by Gasteiger charge is 2.25. The zero-order valence-corrected chi connectivity index (χ0v) is 12.4. The molecule has 1 N–H and O–H groups in total. The van der Waals surface area contributed by atoms with Crippen LogP contribution in [0.15, 0.2) is 18.2 Å². The minimum Gasteiger partial charge on any atom is -0.319 e. The summed E-state index contributed by atoms with van der Waals surface area (Å²) in [4.78, 5) is 0. The topological polar surface area (TPSA) is 12.0 Å². The molecule has 0 spiro atoms. The van der Waals surface area contributed by atoms with Crippen LogP contribution >= 0.6 is 23.2 Å². The van der Waals surface area contributed by atoms with Crippen molar-refractivity contribution in [1.29, 1.82) is 0 Å². The molecule has 1 aliphatic carbocycles. The summed E-state index contributed by atoms with van der Waals surface area (Å²) in [5.74, 6) is 1.51. The van der Waals surface area contributed by atoms with Crippen molar-refractivity contribution in [1.82, 2.24) is 5.32 Å². The van der Waals surface area contributed by atoms with Crippen LogP contribution < -0.4 is 5.32 Å². The Bertz CT molecular complexity index is 390. The molecule has 2 rings (SSSR count). The van der Waals surface area contributed by atoms with E-state index in [1.807, 2.05) is 25.2 Å². The maximum Gasteiger partial charge on any atom is 0.0439 e. The quantitative estimate of drug-likeness (QED) is 0.855. The lowest BCUT2D eigenvalue weighted by molar-refractivity contribution is 0.232. The van der Waals surface area contributed by atoms with Crippen LogP contribution in [0.4, 0.5) is 0 Å². The zero-order chi connectivity index (χ0) is 13.0. The van der Waals surface area contributed by atoms with Crippen LogP contribution in [0.2, 0.25) is 10.0 Å². The minimum absolute atomic E-state index is 0.738. The summed E-state index contributed by atoms with van der Waals surface area (Å²) in [6.07, 6.45) is 6.43. The summed E-state index contributed by atoms with van der Waals surface area (Å²) in [7, 11) is 2.04. The molecule has 0 aliphatic heterocycles. The van der Waals surface area contributed by atoms with Crippen molar-refractivity contribution in [3.05, 3.63) is 33.8 Å². The van der Waals surface area contributed by atoms with Gasteiger partial charge in [0.25, 0.3) is 0 Å². The number of nitrogens with one attached hydrogen (secondary N) is 1. The maximum atomic E-state index is 6.27. The predicted molar refractivity (Wildman–Crippen MR) is 79.5 cm³/mol. The molecule has 1 aromatic carbocycles. The van der Waals surface area contributed by atoms with Crippen molar-refractivity contribution < 1.29 is 0 Å². The summed E-state index contributed by atoms with van der Waals surface area (Å²) in [6.45, 7) is 1.11. The Morgan fingerprint density at radius 2 is 1.89 bits per heavy atom. The highest BCUT2D eigenvalue weighted by molar-refractivity contribution is 6.33. The first-order valence-corrected chi connectivity index (χ1v) is 7.55. The van der Waals surface area contributed by atoms with Gasteiger partial charge < -0.3 is 5.32 Å². The molecule has 1 saturated carbocycles. The molecule has 0 heterocycles. The van der Waals surface area contributed by atoms with Crippen LogP contribution in [-0.2, 0) is 6.42 Å². The van der Waals surface area contributed by atoms with E-state index in [1.165, 1.54) is 31.2 Å². The SMILES string of the molecule is CNCC1CCCCC1Cc1cc(Cl)ccc1Cl. The molecule has 1 aromatic rings. The fourth-order valence-electron chi connectivity index (χ4n) is 3.07. The highest BCUT2D eigenvalue weighted by atomic mass is 35.5. The van der Waals surface area contributed by atoms with Gasteiger partial charge in [0.2, 0.25) is 0 Å². The van der Waals surface area contributed by atoms with E-state index in [0.29, 0.717) is 0 Å². The van der Waals surface area contributed by atoms with Crippen molar-refractivity contribution in [2.45, 2.75) is 32.1 Å². The smallest absolute Gasteiger partial charge is 0.0439 e. The van der Waals surface area contributed by atoms with Crippen LogP contribution in [0.5, 0.6) is 0 Å². The molecule has 0 bridgehead atoms. The molecular weight excluding hydrogens is 265 g/mol. The first-order chi connectivity index (χ1) is 8.70. The summed E-state index contributed by atoms with van der Waals surface area (Å²) >= 11 is 12.3. The van der Waals surface area contributed by atoms with Crippen molar-refractivity contribution >= 4 is 23.2 Å². The van der Waals surface area contributed by atoms with Gasteiger partial charge in [0.15, 0.2) is 0 Å². The lowest BCUT2D eigenvalue weighted by atomic mass is 9.76. The van der Waals surface area contributed by atoms with E-state index in [-0.39, 0.29) is 0 Å². The average Bonchev–Trinajstić information content (AvgIpc) is 2.36. The van der Waals surface area contributed by atoms with Crippen molar-refractivity contribution in [2.75, 3.05) is 13.6 Å². The zero-order valence-electron chi connectivity index (χ0n) is 10.9. The molecule has 1 fully saturated rings. The predicted octanol–water partition coefficient (Wildman–Crippen LogP) is 4.56. The van der Waals surface area contributed by atoms with Gasteiger partial charge >= 0.3 is 0 Å². The van der Waals surface area contributed by atoms with Gasteiger partial charge in [-0.1, -0.05) is 36.0 Å². The highest BCUT2D eigenvalue weighted by Crippen LogP contribution is 2.34. The van der Waals surface area contributed by atoms with Crippen molar-refractivity contribution in [2.24, 2.45) is 11.8 Å². The fourth-order valence-corrected chi connectivity index (χ4v) is 3.46. The molecule has 2 atom stereocenters. The molecular formula is C15H21Cl2N. The number of hydrogen-bond donors (Lipinski definition) is 1. The summed E-state index contributed by atoms with van der Waals surface area (Å²) < 4.78 is 0. The van der Waals surface area contributed by atoms with Gasteiger partial charge in [0, 0.05) is 10.0 Å². The van der Waals surface area contributed by atoms with Gasteiger partial charge in [-0.2, -0.15) is 0 Å². The van der Waals surface area contributed by atoms with Crippen LogP contribution in [0.1, 0.15) is 31.2 Å². The molecule has 18 heavy (non-hydrogen) atoms. The number of rotatable bonds is 4. The maximum absolute atomic E-state index is 6.27. The van der Waals surface area contributed by atoms with Gasteiger partial charge in [-0.05, 0) is 68.5 Å². The Morgan fingerprint density at radius 1 is 1.17 bits per heavy atom. The van der Waals surface area contributed by atoms with Gasteiger partial charge in [-0.25, -0.2) is 0 Å². The van der Waals surface area contributed by atoms with Gasteiger partial charge in [0.1, 0.15) is 0 Å². The van der Waals surface area contributed by atoms with E-state index in [0.717, 1.165) is 34.8 Å². The first-order valence-electron chi connectivity index (χ1n) is 6.79. The van der Waals surface area contributed by atoms with E-state index < -0.39 is 0 Å². The van der Waals surface area contributed by atoms with E-state index in [2.05, 4.69) is 5.32 Å². The number of halogens is 2. The molecule has 100 valence electrons. The van der Waals surface area contributed by atoms with E-state index in [4.69, 9.17) is 23.2 Å². The van der Waals surface area contributed by atoms with Gasteiger partial charge in [-0.15, -0.1) is 0 Å². The molecule has 0 amide bonds.